The van der Waals surface area contributed by atoms with Crippen LogP contribution in [0.4, 0.5) is 0 Å². The van der Waals surface area contributed by atoms with Crippen LogP contribution in [0.2, 0.25) is 0 Å². The van der Waals surface area contributed by atoms with Crippen LogP contribution in [0, 0.1) is 24.7 Å². The van der Waals surface area contributed by atoms with Gasteiger partial charge in [-0.1, -0.05) is 5.21 Å². The Kier molecular flexibility index (Phi) is 6.03. The van der Waals surface area contributed by atoms with Gasteiger partial charge in [-0.15, -0.1) is 5.10 Å². The monoisotopic (exact) mass is 441 g/mol. The minimum absolute atomic E-state index is 0.134. The van der Waals surface area contributed by atoms with Crippen LogP contribution >= 0.6 is 0 Å². The van der Waals surface area contributed by atoms with Crippen LogP contribution in [0.5, 0.6) is 0 Å². The summed E-state index contributed by atoms with van der Waals surface area (Å²) in [6, 6.07) is 2.12. The minimum Gasteiger partial charge on any atom is -0.376 e. The molecular weight excluding hydrogens is 406 g/mol. The van der Waals surface area contributed by atoms with E-state index in [9.17, 15) is 4.79 Å². The Morgan fingerprint density at radius 1 is 1.22 bits per heavy atom. The summed E-state index contributed by atoms with van der Waals surface area (Å²) < 4.78 is 10.2. The van der Waals surface area contributed by atoms with E-state index in [1.54, 1.807) is 4.68 Å². The predicted octanol–water partition coefficient (Wildman–Crippen LogP) is 1.75. The Morgan fingerprint density at radius 3 is 2.69 bits per heavy atom. The van der Waals surface area contributed by atoms with Gasteiger partial charge in [0.1, 0.15) is 6.54 Å². The van der Waals surface area contributed by atoms with Gasteiger partial charge in [-0.05, 0) is 70.5 Å². The molecule has 3 aliphatic rings. The number of ether oxygens (including phenoxy) is 1. The predicted molar refractivity (Wildman–Crippen MR) is 119 cm³/mol. The zero-order valence-electron chi connectivity index (χ0n) is 19.4. The molecule has 174 valence electrons. The van der Waals surface area contributed by atoms with Gasteiger partial charge in [-0.25, -0.2) is 4.68 Å². The van der Waals surface area contributed by atoms with Crippen molar-refractivity contribution in [2.24, 2.45) is 17.8 Å². The van der Waals surface area contributed by atoms with E-state index in [2.05, 4.69) is 26.5 Å². The molecule has 0 unspecified atom stereocenters. The second-order valence-electron chi connectivity index (χ2n) is 10.3. The molecule has 0 aromatic carbocycles. The lowest BCUT2D eigenvalue weighted by Crippen LogP contribution is -2.38. The van der Waals surface area contributed by atoms with Crippen molar-refractivity contribution < 1.29 is 9.53 Å². The summed E-state index contributed by atoms with van der Waals surface area (Å²) in [5.41, 5.74) is 1.92. The van der Waals surface area contributed by atoms with Gasteiger partial charge in [0, 0.05) is 32.4 Å². The van der Waals surface area contributed by atoms with Crippen molar-refractivity contribution >= 4 is 5.91 Å². The van der Waals surface area contributed by atoms with Crippen LogP contribution in [-0.4, -0.2) is 80.4 Å². The molecule has 1 saturated heterocycles. The van der Waals surface area contributed by atoms with Crippen LogP contribution in [0.25, 0.3) is 0 Å². The molecule has 9 nitrogen and oxygen atoms in total. The third kappa shape index (κ3) is 4.88. The van der Waals surface area contributed by atoms with E-state index in [-0.39, 0.29) is 18.1 Å². The number of aryl methyl sites for hydroxylation is 1. The van der Waals surface area contributed by atoms with Crippen molar-refractivity contribution in [1.82, 2.24) is 34.6 Å². The Bertz CT molecular complexity index is 934. The van der Waals surface area contributed by atoms with Crippen molar-refractivity contribution in [2.75, 3.05) is 33.8 Å². The van der Waals surface area contributed by atoms with Gasteiger partial charge in [-0.2, -0.15) is 5.10 Å². The molecule has 0 N–H and O–H groups in total. The first kappa shape index (κ1) is 21.6. The number of hydrogen-bond acceptors (Lipinski definition) is 6. The Labute approximate surface area is 189 Å². The number of nitrogens with zero attached hydrogens (tertiary/aromatic N) is 7. The number of carbonyl (C=O) groups excluding carboxylic acids is 1. The summed E-state index contributed by atoms with van der Waals surface area (Å²) >= 11 is 0. The largest absolute Gasteiger partial charge is 0.376 e. The highest BCUT2D eigenvalue weighted by atomic mass is 16.5. The zero-order chi connectivity index (χ0) is 22.2. The normalized spacial score (nSPS) is 27.8. The molecule has 0 radical (unpaired) electrons. The van der Waals surface area contributed by atoms with Gasteiger partial charge >= 0.3 is 0 Å². The molecule has 1 amide bonds. The first-order chi connectivity index (χ1) is 15.4. The second kappa shape index (κ2) is 8.94. The maximum atomic E-state index is 12.9. The number of fused-ring (bicyclic) bond motifs is 1. The van der Waals surface area contributed by atoms with E-state index in [4.69, 9.17) is 4.74 Å². The SMILES string of the molecule is Cc1ccn(CC(=O)N2C[C@H]3C[C@@H](n4cc(CN(C)C)nn4)[C@H](OCC4CC4)C[C@H]3C2)n1. The zero-order valence-corrected chi connectivity index (χ0v) is 19.4. The lowest BCUT2D eigenvalue weighted by Gasteiger charge is -2.37. The average Bonchev–Trinajstić information content (AvgIpc) is 3.09. The molecule has 4 atom stereocenters. The summed E-state index contributed by atoms with van der Waals surface area (Å²) in [5, 5.41) is 13.2. The maximum absolute atomic E-state index is 12.9. The molecule has 2 aromatic heterocycles. The van der Waals surface area contributed by atoms with E-state index < -0.39 is 0 Å². The maximum Gasteiger partial charge on any atom is 0.244 e. The Morgan fingerprint density at radius 2 is 2.00 bits per heavy atom. The van der Waals surface area contributed by atoms with Gasteiger partial charge in [0.2, 0.25) is 5.91 Å². The first-order valence-electron chi connectivity index (χ1n) is 11.9. The highest BCUT2D eigenvalue weighted by molar-refractivity contribution is 5.76. The number of amides is 1. The highest BCUT2D eigenvalue weighted by Gasteiger charge is 2.45. The van der Waals surface area contributed by atoms with Gasteiger partial charge in [0.15, 0.2) is 0 Å². The molecule has 32 heavy (non-hydrogen) atoms. The van der Waals surface area contributed by atoms with Crippen LogP contribution in [-0.2, 0) is 22.6 Å². The smallest absolute Gasteiger partial charge is 0.244 e. The fourth-order valence-corrected chi connectivity index (χ4v) is 5.26. The number of hydrogen-bond donors (Lipinski definition) is 0. The third-order valence-electron chi connectivity index (χ3n) is 7.13. The van der Waals surface area contributed by atoms with Gasteiger partial charge in [-0.3, -0.25) is 9.48 Å². The van der Waals surface area contributed by atoms with E-state index in [0.29, 0.717) is 18.4 Å². The number of rotatable bonds is 8. The molecule has 3 heterocycles. The number of carbonyl (C=O) groups is 1. The van der Waals surface area contributed by atoms with Crippen LogP contribution in [0.3, 0.4) is 0 Å². The van der Waals surface area contributed by atoms with Gasteiger partial charge < -0.3 is 14.5 Å². The van der Waals surface area contributed by atoms with Crippen molar-refractivity contribution in [3.63, 3.8) is 0 Å². The molecule has 5 rings (SSSR count). The van der Waals surface area contributed by atoms with Gasteiger partial charge in [0.05, 0.1) is 29.7 Å². The third-order valence-corrected chi connectivity index (χ3v) is 7.13. The van der Waals surface area contributed by atoms with Crippen molar-refractivity contribution in [3.8, 4) is 0 Å². The summed E-state index contributed by atoms with van der Waals surface area (Å²) in [5.74, 6) is 1.85. The summed E-state index contributed by atoms with van der Waals surface area (Å²) in [4.78, 5) is 17.1. The van der Waals surface area contributed by atoms with Gasteiger partial charge in [0.25, 0.3) is 0 Å². The molecule has 1 aliphatic heterocycles. The van der Waals surface area contributed by atoms with E-state index in [1.165, 1.54) is 12.8 Å². The lowest BCUT2D eigenvalue weighted by atomic mass is 9.77. The summed E-state index contributed by atoms with van der Waals surface area (Å²) in [6.07, 6.45) is 8.63. The molecule has 2 saturated carbocycles. The average molecular weight is 442 g/mol. The fourth-order valence-electron chi connectivity index (χ4n) is 5.26. The Balaban J connectivity index is 1.27. The Hall–Kier alpha value is -2.26. The molecule has 3 fully saturated rings. The quantitative estimate of drug-likeness (QED) is 0.621. The number of likely N-dealkylation sites (tertiary alicyclic amines) is 1. The first-order valence-corrected chi connectivity index (χ1v) is 11.9. The molecular formula is C23H35N7O2. The highest BCUT2D eigenvalue weighted by Crippen LogP contribution is 2.43. The van der Waals surface area contributed by atoms with Crippen molar-refractivity contribution in [3.05, 3.63) is 29.8 Å². The summed E-state index contributed by atoms with van der Waals surface area (Å²) in [7, 11) is 4.08. The van der Waals surface area contributed by atoms with Crippen LogP contribution in [0.15, 0.2) is 18.5 Å². The van der Waals surface area contributed by atoms with E-state index in [0.717, 1.165) is 56.4 Å². The molecule has 0 spiro atoms. The molecule has 2 aliphatic carbocycles. The summed E-state index contributed by atoms with van der Waals surface area (Å²) in [6.45, 7) is 5.52. The second-order valence-corrected chi connectivity index (χ2v) is 10.3. The van der Waals surface area contributed by atoms with E-state index in [1.807, 2.05) is 42.9 Å². The standard InChI is InChI=1S/C23H35N7O2/c1-16-6-7-29(25-16)14-23(31)28-10-18-8-21(30-13-20(24-26-30)12-27(2)3)22(9-19(18)11-28)32-15-17-4-5-17/h6-7,13,17-19,21-22H,4-5,8-12,14-15H2,1-3H3/t18-,19+,21-,22-/m1/s1. The van der Waals surface area contributed by atoms with E-state index >= 15 is 0 Å². The minimum atomic E-state index is 0.134. The lowest BCUT2D eigenvalue weighted by molar-refractivity contribution is -0.131. The van der Waals surface area contributed by atoms with Crippen LogP contribution < -0.4 is 0 Å². The molecule has 2 aromatic rings. The number of aromatic nitrogens is 5. The fraction of sp³-hybridized carbons (Fsp3) is 0.739. The van der Waals surface area contributed by atoms with Crippen LogP contribution in [0.1, 0.15) is 43.1 Å². The van der Waals surface area contributed by atoms with Crippen molar-refractivity contribution in [1.29, 1.82) is 0 Å². The molecule has 0 bridgehead atoms. The topological polar surface area (TPSA) is 81.3 Å². The molecule has 9 heteroatoms. The van der Waals surface area contributed by atoms with Crippen molar-refractivity contribution in [2.45, 2.75) is 57.8 Å².